The van der Waals surface area contributed by atoms with Crippen LogP contribution < -0.4 is 10.6 Å². The average Bonchev–Trinajstić information content (AvgIpc) is 3.70. The number of methoxy groups -OCH3 is 1. The number of halogens is 1. The van der Waals surface area contributed by atoms with Crippen LogP contribution >= 0.6 is 11.6 Å². The van der Waals surface area contributed by atoms with Crippen LogP contribution in [0.2, 0.25) is 5.02 Å². The molecule has 3 amide bonds. The van der Waals surface area contributed by atoms with Gasteiger partial charge in [-0.25, -0.2) is 4.79 Å². The van der Waals surface area contributed by atoms with Gasteiger partial charge in [0, 0.05) is 23.2 Å². The Morgan fingerprint density at radius 2 is 1.95 bits per heavy atom. The van der Waals surface area contributed by atoms with Gasteiger partial charge < -0.3 is 19.5 Å². The van der Waals surface area contributed by atoms with Crippen molar-refractivity contribution >= 4 is 58.1 Å². The molecule has 3 heterocycles. The normalized spacial score (nSPS) is 14.5. The van der Waals surface area contributed by atoms with Crippen LogP contribution in [-0.2, 0) is 20.7 Å². The lowest BCUT2D eigenvalue weighted by atomic mass is 9.91. The fraction of sp³-hybridized carbons (Fsp3) is 0.138. The van der Waals surface area contributed by atoms with Crippen molar-refractivity contribution in [1.82, 2.24) is 30.3 Å². The monoisotopic (exact) mass is 598 g/mol. The molecule has 2 N–H and O–H groups in total. The number of para-hydroxylation sites is 1. The maximum Gasteiger partial charge on any atom is 0.411 e. The van der Waals surface area contributed by atoms with Crippen LogP contribution in [0, 0.1) is 0 Å². The molecule has 1 aliphatic heterocycles. The topological polar surface area (TPSA) is 157 Å². The van der Waals surface area contributed by atoms with Crippen LogP contribution in [0.3, 0.4) is 0 Å². The summed E-state index contributed by atoms with van der Waals surface area (Å²) in [5.74, 6) is -0.719. The second-order valence-corrected chi connectivity index (χ2v) is 9.93. The smallest absolute Gasteiger partial charge is 0.411 e. The molecule has 2 aromatic heterocycles. The maximum absolute atomic E-state index is 13.9. The number of tetrazole rings is 1. The highest BCUT2D eigenvalue weighted by Crippen LogP contribution is 2.34. The van der Waals surface area contributed by atoms with Gasteiger partial charge in [-0.3, -0.25) is 14.9 Å². The number of carbonyl (C=O) groups is 3. The van der Waals surface area contributed by atoms with Crippen LogP contribution in [0.5, 0.6) is 0 Å². The van der Waals surface area contributed by atoms with Crippen LogP contribution in [-0.4, -0.2) is 61.8 Å². The van der Waals surface area contributed by atoms with Gasteiger partial charge in [-0.05, 0) is 64.4 Å². The van der Waals surface area contributed by atoms with Crippen molar-refractivity contribution in [2.75, 3.05) is 24.3 Å². The number of anilines is 2. The number of hydrogen-bond acceptors (Lipinski definition) is 9. The van der Waals surface area contributed by atoms with Crippen molar-refractivity contribution in [2.45, 2.75) is 12.5 Å². The number of benzene rings is 3. The number of nitrogens with one attached hydrogen (secondary N) is 2. The largest absolute Gasteiger partial charge is 0.453 e. The van der Waals surface area contributed by atoms with Gasteiger partial charge in [0.15, 0.2) is 11.4 Å². The van der Waals surface area contributed by atoms with E-state index < -0.39 is 18.0 Å². The Morgan fingerprint density at radius 1 is 1.09 bits per heavy atom. The van der Waals surface area contributed by atoms with Gasteiger partial charge in [0.25, 0.3) is 5.91 Å². The molecule has 1 aliphatic rings. The first-order chi connectivity index (χ1) is 20.9. The molecule has 1 unspecified atom stereocenters. The van der Waals surface area contributed by atoms with Crippen LogP contribution in [0.4, 0.5) is 16.3 Å². The first-order valence-electron chi connectivity index (χ1n) is 13.1. The molecule has 43 heavy (non-hydrogen) atoms. The summed E-state index contributed by atoms with van der Waals surface area (Å²) < 4.78 is 11.6. The molecule has 6 rings (SSSR count). The van der Waals surface area contributed by atoms with Crippen LogP contribution in [0.15, 0.2) is 77.6 Å². The van der Waals surface area contributed by atoms with Gasteiger partial charge in [-0.1, -0.05) is 47.1 Å². The Morgan fingerprint density at radius 3 is 2.77 bits per heavy atom. The van der Waals surface area contributed by atoms with E-state index in [1.54, 1.807) is 42.5 Å². The number of carbonyl (C=O) groups excluding carboxylic acids is 3. The summed E-state index contributed by atoms with van der Waals surface area (Å²) in [7, 11) is 1.24. The van der Waals surface area contributed by atoms with E-state index in [0.29, 0.717) is 45.9 Å². The molecule has 216 valence electrons. The first kappa shape index (κ1) is 27.6. The standard InChI is InChI=1S/C29H23ClN8O5/c1-42-29(41)32-22-8-4-7-21-26(22)43-34-27(21)33-28(40)25-20-6-3-2-5-17(20)13-14-37(25)24(39)12-9-18-15-19(30)10-11-23(18)38-16-31-35-36-38/h2-12,15-16,25H,13-14H2,1H3,(H,32,41)(H,33,34,40)/b12-9+. The predicted molar refractivity (Wildman–Crippen MR) is 156 cm³/mol. The molecule has 0 radical (unpaired) electrons. The Kier molecular flexibility index (Phi) is 7.54. The molecule has 5 aromatic rings. The third kappa shape index (κ3) is 5.53. The molecule has 3 aromatic carbocycles. The van der Waals surface area contributed by atoms with E-state index >= 15 is 0 Å². The zero-order valence-electron chi connectivity index (χ0n) is 22.6. The number of amides is 3. The van der Waals surface area contributed by atoms with E-state index in [1.807, 2.05) is 24.3 Å². The molecule has 0 bridgehead atoms. The Labute approximate surface area is 249 Å². The number of rotatable bonds is 6. The predicted octanol–water partition coefficient (Wildman–Crippen LogP) is 4.41. The highest BCUT2D eigenvalue weighted by Gasteiger charge is 2.35. The van der Waals surface area contributed by atoms with Crippen molar-refractivity contribution in [3.8, 4) is 5.69 Å². The van der Waals surface area contributed by atoms with E-state index in [4.69, 9.17) is 16.1 Å². The van der Waals surface area contributed by atoms with E-state index in [-0.39, 0.29) is 17.3 Å². The highest BCUT2D eigenvalue weighted by molar-refractivity contribution is 6.30. The van der Waals surface area contributed by atoms with E-state index in [0.717, 1.165) is 5.56 Å². The van der Waals surface area contributed by atoms with E-state index in [1.165, 1.54) is 29.1 Å². The van der Waals surface area contributed by atoms with Gasteiger partial charge in [0.05, 0.1) is 23.9 Å². The SMILES string of the molecule is COC(=O)Nc1cccc2c(NC(=O)C3c4ccccc4CCN3C(=O)/C=C/c3cc(Cl)ccc3-n3cnnn3)noc12. The Bertz CT molecular complexity index is 1870. The minimum absolute atomic E-state index is 0.143. The second-order valence-electron chi connectivity index (χ2n) is 9.49. The van der Waals surface area contributed by atoms with Crippen molar-refractivity contribution in [3.63, 3.8) is 0 Å². The summed E-state index contributed by atoms with van der Waals surface area (Å²) in [6.07, 6.45) is 4.33. The van der Waals surface area contributed by atoms with Gasteiger partial charge in [0.1, 0.15) is 12.4 Å². The minimum Gasteiger partial charge on any atom is -0.453 e. The first-order valence-corrected chi connectivity index (χ1v) is 13.4. The summed E-state index contributed by atoms with van der Waals surface area (Å²) in [6, 6.07) is 16.6. The lowest BCUT2D eigenvalue weighted by Crippen LogP contribution is -2.44. The lowest BCUT2D eigenvalue weighted by molar-refractivity contribution is -0.135. The van der Waals surface area contributed by atoms with Crippen molar-refractivity contribution in [3.05, 3.63) is 94.8 Å². The molecule has 0 aliphatic carbocycles. The molecule has 14 heteroatoms. The van der Waals surface area contributed by atoms with Crippen molar-refractivity contribution in [2.24, 2.45) is 0 Å². The number of aromatic nitrogens is 5. The number of ether oxygens (including phenoxy) is 1. The van der Waals surface area contributed by atoms with Gasteiger partial charge in [-0.15, -0.1) is 5.10 Å². The van der Waals surface area contributed by atoms with Crippen LogP contribution in [0.1, 0.15) is 22.7 Å². The van der Waals surface area contributed by atoms with Crippen molar-refractivity contribution in [1.29, 1.82) is 0 Å². The number of hydrogen-bond donors (Lipinski definition) is 2. The highest BCUT2D eigenvalue weighted by atomic mass is 35.5. The Balaban J connectivity index is 1.30. The van der Waals surface area contributed by atoms with Crippen LogP contribution in [0.25, 0.3) is 22.7 Å². The summed E-state index contributed by atoms with van der Waals surface area (Å²) in [6.45, 7) is 0.306. The molecule has 0 spiro atoms. The summed E-state index contributed by atoms with van der Waals surface area (Å²) in [4.78, 5) is 40.8. The zero-order valence-corrected chi connectivity index (χ0v) is 23.4. The summed E-state index contributed by atoms with van der Waals surface area (Å²) in [5.41, 5.74) is 3.46. The third-order valence-electron chi connectivity index (χ3n) is 6.97. The molecule has 13 nitrogen and oxygen atoms in total. The third-order valence-corrected chi connectivity index (χ3v) is 7.20. The molecule has 0 saturated carbocycles. The van der Waals surface area contributed by atoms with E-state index in [2.05, 4.69) is 36.1 Å². The quantitative estimate of drug-likeness (QED) is 0.270. The van der Waals surface area contributed by atoms with Gasteiger partial charge >= 0.3 is 6.09 Å². The number of nitrogens with zero attached hydrogens (tertiary/aromatic N) is 6. The summed E-state index contributed by atoms with van der Waals surface area (Å²) >= 11 is 6.23. The lowest BCUT2D eigenvalue weighted by Gasteiger charge is -2.35. The second kappa shape index (κ2) is 11.7. The zero-order chi connectivity index (χ0) is 29.9. The molecular formula is C29H23ClN8O5. The molecule has 0 fully saturated rings. The van der Waals surface area contributed by atoms with Gasteiger partial charge in [-0.2, -0.15) is 4.68 Å². The summed E-state index contributed by atoms with van der Waals surface area (Å²) in [5, 5.41) is 21.6. The fourth-order valence-corrected chi connectivity index (χ4v) is 5.16. The fourth-order valence-electron chi connectivity index (χ4n) is 4.98. The number of fused-ring (bicyclic) bond motifs is 2. The minimum atomic E-state index is -0.955. The average molecular weight is 599 g/mol. The molecular weight excluding hydrogens is 576 g/mol. The van der Waals surface area contributed by atoms with Crippen molar-refractivity contribution < 1.29 is 23.6 Å². The molecule has 0 saturated heterocycles. The molecule has 1 atom stereocenters. The maximum atomic E-state index is 13.9. The van der Waals surface area contributed by atoms with Gasteiger partial charge in [0.2, 0.25) is 5.91 Å². The Hall–Kier alpha value is -5.56. The van der Waals surface area contributed by atoms with E-state index in [9.17, 15) is 14.4 Å².